The van der Waals surface area contributed by atoms with Crippen LogP contribution < -0.4 is 5.32 Å². The minimum absolute atomic E-state index is 0.0483. The Morgan fingerprint density at radius 2 is 2.19 bits per heavy atom. The van der Waals surface area contributed by atoms with E-state index in [1.54, 1.807) is 0 Å². The van der Waals surface area contributed by atoms with E-state index in [1.807, 2.05) is 19.2 Å². The van der Waals surface area contributed by atoms with Gasteiger partial charge >= 0.3 is 0 Å². The van der Waals surface area contributed by atoms with Gasteiger partial charge in [-0.15, -0.1) is 11.3 Å². The highest BCUT2D eigenvalue weighted by atomic mass is 35.5. The first-order valence-corrected chi connectivity index (χ1v) is 7.35. The van der Waals surface area contributed by atoms with Crippen molar-refractivity contribution < 1.29 is 9.72 Å². The van der Waals surface area contributed by atoms with Gasteiger partial charge in [-0.1, -0.05) is 25.4 Å². The van der Waals surface area contributed by atoms with Gasteiger partial charge in [-0.3, -0.25) is 20.2 Å². The van der Waals surface area contributed by atoms with Crippen LogP contribution in [0, 0.1) is 10.1 Å². The number of nitro benzene ring substituents is 1. The lowest BCUT2D eigenvalue weighted by Crippen LogP contribution is -2.12. The summed E-state index contributed by atoms with van der Waals surface area (Å²) in [6.07, 6.45) is 0. The second-order valence-electron chi connectivity index (χ2n) is 4.61. The fourth-order valence-electron chi connectivity index (χ4n) is 1.57. The molecule has 0 saturated carbocycles. The lowest BCUT2D eigenvalue weighted by molar-refractivity contribution is -0.384. The van der Waals surface area contributed by atoms with Crippen LogP contribution in [0.5, 0.6) is 0 Å². The van der Waals surface area contributed by atoms with Crippen molar-refractivity contribution in [1.82, 2.24) is 4.98 Å². The Balaban J connectivity index is 2.23. The molecule has 8 heteroatoms. The monoisotopic (exact) mass is 325 g/mol. The van der Waals surface area contributed by atoms with Crippen molar-refractivity contribution >= 4 is 39.7 Å². The van der Waals surface area contributed by atoms with Crippen molar-refractivity contribution in [3.05, 3.63) is 50.0 Å². The number of halogens is 1. The highest BCUT2D eigenvalue weighted by Crippen LogP contribution is 2.25. The van der Waals surface area contributed by atoms with E-state index in [9.17, 15) is 14.9 Å². The van der Waals surface area contributed by atoms with Crippen LogP contribution in [0.15, 0.2) is 23.6 Å². The van der Waals surface area contributed by atoms with Gasteiger partial charge in [-0.25, -0.2) is 4.98 Å². The SMILES string of the molecule is CC(C)c1csc(NC(=O)c2cc([N+](=O)[O-])ccc2Cl)n1. The number of hydrogen-bond acceptors (Lipinski definition) is 5. The molecule has 110 valence electrons. The molecule has 6 nitrogen and oxygen atoms in total. The van der Waals surface area contributed by atoms with Gasteiger partial charge in [-0.2, -0.15) is 0 Å². The summed E-state index contributed by atoms with van der Waals surface area (Å²) >= 11 is 7.21. The average molecular weight is 326 g/mol. The third-order valence-corrected chi connectivity index (χ3v) is 3.84. The van der Waals surface area contributed by atoms with E-state index in [0.29, 0.717) is 5.13 Å². The number of thiazole rings is 1. The zero-order valence-corrected chi connectivity index (χ0v) is 12.9. The molecule has 0 bridgehead atoms. The Hall–Kier alpha value is -1.99. The summed E-state index contributed by atoms with van der Waals surface area (Å²) in [6, 6.07) is 3.73. The zero-order chi connectivity index (χ0) is 15.6. The number of non-ortho nitro benzene ring substituents is 1. The van der Waals surface area contributed by atoms with Crippen molar-refractivity contribution in [2.75, 3.05) is 5.32 Å². The number of carbonyl (C=O) groups is 1. The minimum atomic E-state index is -0.576. The minimum Gasteiger partial charge on any atom is -0.298 e. The number of amides is 1. The predicted molar refractivity (Wildman–Crippen MR) is 82.3 cm³/mol. The van der Waals surface area contributed by atoms with Crippen LogP contribution in [-0.4, -0.2) is 15.8 Å². The standard InChI is InChI=1S/C13H12ClN3O3S/c1-7(2)11-6-21-13(15-11)16-12(18)9-5-8(17(19)20)3-4-10(9)14/h3-7H,1-2H3,(H,15,16,18). The first-order chi connectivity index (χ1) is 9.88. The van der Waals surface area contributed by atoms with Crippen LogP contribution >= 0.6 is 22.9 Å². The van der Waals surface area contributed by atoms with Crippen molar-refractivity contribution in [3.63, 3.8) is 0 Å². The number of nitro groups is 1. The van der Waals surface area contributed by atoms with E-state index in [4.69, 9.17) is 11.6 Å². The molecule has 1 N–H and O–H groups in total. The zero-order valence-electron chi connectivity index (χ0n) is 11.3. The Labute approximate surface area is 129 Å². The first-order valence-electron chi connectivity index (χ1n) is 6.09. The van der Waals surface area contributed by atoms with Gasteiger partial charge in [0, 0.05) is 17.5 Å². The van der Waals surface area contributed by atoms with Crippen LogP contribution in [0.1, 0.15) is 35.8 Å². The van der Waals surface area contributed by atoms with Crippen LogP contribution in [-0.2, 0) is 0 Å². The third kappa shape index (κ3) is 3.56. The van der Waals surface area contributed by atoms with E-state index in [0.717, 1.165) is 11.8 Å². The fourth-order valence-corrected chi connectivity index (χ4v) is 2.64. The van der Waals surface area contributed by atoms with Gasteiger partial charge in [0.1, 0.15) is 0 Å². The van der Waals surface area contributed by atoms with Crippen LogP contribution in [0.25, 0.3) is 0 Å². The lowest BCUT2D eigenvalue weighted by atomic mass is 10.2. The van der Waals surface area contributed by atoms with E-state index in [-0.39, 0.29) is 22.2 Å². The summed E-state index contributed by atoms with van der Waals surface area (Å²) in [5.41, 5.74) is 0.735. The van der Waals surface area contributed by atoms with Gasteiger partial charge in [0.15, 0.2) is 5.13 Å². The molecule has 1 aromatic carbocycles. The molecule has 0 fully saturated rings. The molecule has 2 rings (SSSR count). The summed E-state index contributed by atoms with van der Waals surface area (Å²) in [5.74, 6) is -0.262. The number of hydrogen-bond donors (Lipinski definition) is 1. The Kier molecular flexibility index (Phi) is 4.54. The quantitative estimate of drug-likeness (QED) is 0.678. The summed E-state index contributed by atoms with van der Waals surface area (Å²) in [4.78, 5) is 26.6. The van der Waals surface area contributed by atoms with Gasteiger partial charge < -0.3 is 0 Å². The van der Waals surface area contributed by atoms with E-state index in [1.165, 1.54) is 23.5 Å². The topological polar surface area (TPSA) is 85.1 Å². The van der Waals surface area contributed by atoms with Crippen LogP contribution in [0.3, 0.4) is 0 Å². The number of rotatable bonds is 4. The van der Waals surface area contributed by atoms with Gasteiger partial charge in [0.25, 0.3) is 11.6 Å². The maximum Gasteiger partial charge on any atom is 0.270 e. The number of aromatic nitrogens is 1. The van der Waals surface area contributed by atoms with E-state index in [2.05, 4.69) is 10.3 Å². The summed E-state index contributed by atoms with van der Waals surface area (Å²) in [7, 11) is 0. The van der Waals surface area contributed by atoms with Crippen molar-refractivity contribution in [3.8, 4) is 0 Å². The highest BCUT2D eigenvalue weighted by molar-refractivity contribution is 7.14. The van der Waals surface area contributed by atoms with Gasteiger partial charge in [0.05, 0.1) is 21.2 Å². The van der Waals surface area contributed by atoms with Crippen molar-refractivity contribution in [2.24, 2.45) is 0 Å². The molecule has 0 spiro atoms. The average Bonchev–Trinajstić information content (AvgIpc) is 2.87. The molecule has 1 heterocycles. The molecule has 0 atom stereocenters. The number of anilines is 1. The van der Waals surface area contributed by atoms with Crippen LogP contribution in [0.4, 0.5) is 10.8 Å². The summed E-state index contributed by atoms with van der Waals surface area (Å²) < 4.78 is 0. The number of benzene rings is 1. The fraction of sp³-hybridized carbons (Fsp3) is 0.231. The molecule has 2 aromatic rings. The van der Waals surface area contributed by atoms with E-state index >= 15 is 0 Å². The third-order valence-electron chi connectivity index (χ3n) is 2.74. The highest BCUT2D eigenvalue weighted by Gasteiger charge is 2.17. The van der Waals surface area contributed by atoms with E-state index < -0.39 is 10.8 Å². The summed E-state index contributed by atoms with van der Waals surface area (Å²) in [5, 5.41) is 15.8. The number of nitrogens with one attached hydrogen (secondary N) is 1. The smallest absolute Gasteiger partial charge is 0.270 e. The number of carbonyl (C=O) groups excluding carboxylic acids is 1. The molecule has 0 saturated heterocycles. The van der Waals surface area contributed by atoms with Gasteiger partial charge in [-0.05, 0) is 12.0 Å². The molecule has 0 aliphatic heterocycles. The van der Waals surface area contributed by atoms with Crippen molar-refractivity contribution in [2.45, 2.75) is 19.8 Å². The molecular formula is C13H12ClN3O3S. The molecule has 0 unspecified atom stereocenters. The Morgan fingerprint density at radius 3 is 2.76 bits per heavy atom. The normalized spacial score (nSPS) is 10.7. The summed E-state index contributed by atoms with van der Waals surface area (Å²) in [6.45, 7) is 4.00. The molecule has 0 aliphatic carbocycles. The lowest BCUT2D eigenvalue weighted by Gasteiger charge is -2.04. The largest absolute Gasteiger partial charge is 0.298 e. The Morgan fingerprint density at radius 1 is 1.48 bits per heavy atom. The number of nitrogens with zero attached hydrogens (tertiary/aromatic N) is 2. The van der Waals surface area contributed by atoms with Crippen LogP contribution in [0.2, 0.25) is 5.02 Å². The Bertz CT molecular complexity index is 700. The van der Waals surface area contributed by atoms with Crippen molar-refractivity contribution in [1.29, 1.82) is 0 Å². The maximum absolute atomic E-state index is 12.1. The molecule has 1 aromatic heterocycles. The molecule has 0 aliphatic rings. The first kappa shape index (κ1) is 15.4. The molecular weight excluding hydrogens is 314 g/mol. The second-order valence-corrected chi connectivity index (χ2v) is 5.87. The predicted octanol–water partition coefficient (Wildman–Crippen LogP) is 4.08. The maximum atomic E-state index is 12.1. The second kappa shape index (κ2) is 6.19. The molecule has 1 amide bonds. The molecule has 21 heavy (non-hydrogen) atoms. The molecule has 0 radical (unpaired) electrons. The van der Waals surface area contributed by atoms with Gasteiger partial charge in [0.2, 0.25) is 0 Å².